The Hall–Kier alpha value is -2.19. The average molecular weight is 563 g/mol. The predicted octanol–water partition coefficient (Wildman–Crippen LogP) is 5.07. The molecular weight excluding hydrogens is 528 g/mol. The maximum absolute atomic E-state index is 15.8. The van der Waals surface area contributed by atoms with Crippen LogP contribution in [0.1, 0.15) is 69.9 Å². The molecule has 2 fully saturated rings. The van der Waals surface area contributed by atoms with Crippen LogP contribution in [0.2, 0.25) is 10.0 Å². The maximum Gasteiger partial charge on any atom is 0.240 e. The Morgan fingerprint density at radius 3 is 2.50 bits per heavy atom. The molecule has 0 unspecified atom stereocenters. The Bertz CT molecular complexity index is 1270. The summed E-state index contributed by atoms with van der Waals surface area (Å²) in [5.74, 6) is -2.46. The van der Waals surface area contributed by atoms with E-state index in [1.165, 1.54) is 6.07 Å². The number of hydrogen-bond acceptors (Lipinski definition) is 4. The Morgan fingerprint density at radius 2 is 1.87 bits per heavy atom. The monoisotopic (exact) mass is 561 g/mol. The topological polar surface area (TPSA) is 95.7 Å². The third-order valence-electron chi connectivity index (χ3n) is 8.46. The Labute approximate surface area is 232 Å². The molecular formula is C29H34Cl2FN3O3. The van der Waals surface area contributed by atoms with E-state index in [2.05, 4.69) is 26.1 Å². The van der Waals surface area contributed by atoms with Crippen molar-refractivity contribution in [3.63, 3.8) is 0 Å². The molecule has 6 nitrogen and oxygen atoms in total. The molecule has 5 rings (SSSR count). The summed E-state index contributed by atoms with van der Waals surface area (Å²) >= 11 is 12.7. The number of hydrogen-bond donors (Lipinski definition) is 3. The molecule has 0 aromatic heterocycles. The summed E-state index contributed by atoms with van der Waals surface area (Å²) in [7, 11) is 0. The van der Waals surface area contributed by atoms with E-state index in [1.807, 2.05) is 6.07 Å². The van der Waals surface area contributed by atoms with Gasteiger partial charge in [-0.2, -0.15) is 0 Å². The number of carbonyl (C=O) groups is 2. The van der Waals surface area contributed by atoms with Crippen molar-refractivity contribution in [3.8, 4) is 0 Å². The standard InChI is InChI=1S/C29H34Cl2FN3O3/c1-28(2,3)14-22-29(23(25(34-22)26(33)37)18-5-4-6-20(31)24(18)32)19-12-7-15(30)13-21(19)35(27(29)38)16-8-10-17(36)11-9-16/h4-7,12-13,16-17,22-23,25,34,36H,8-11,14H2,1-3H3,(H2,33,37)/t16?,17?,22-,23+,25-,29+/m1/s1. The molecule has 2 aliphatic heterocycles. The minimum absolute atomic E-state index is 0.0833. The van der Waals surface area contributed by atoms with Gasteiger partial charge in [0.2, 0.25) is 11.8 Å². The lowest BCUT2D eigenvalue weighted by Crippen LogP contribution is -2.54. The van der Waals surface area contributed by atoms with E-state index in [9.17, 15) is 14.7 Å². The normalized spacial score (nSPS) is 31.2. The highest BCUT2D eigenvalue weighted by atomic mass is 35.5. The number of nitrogens with two attached hydrogens (primary N) is 1. The number of primary amides is 1. The van der Waals surface area contributed by atoms with Crippen molar-refractivity contribution in [1.82, 2.24) is 5.32 Å². The van der Waals surface area contributed by atoms with Crippen LogP contribution in [-0.4, -0.2) is 41.2 Å². The third-order valence-corrected chi connectivity index (χ3v) is 8.99. The molecule has 1 spiro atoms. The Morgan fingerprint density at radius 1 is 1.18 bits per heavy atom. The number of aliphatic hydroxyl groups is 1. The minimum Gasteiger partial charge on any atom is -0.393 e. The largest absolute Gasteiger partial charge is 0.393 e. The van der Waals surface area contributed by atoms with Crippen LogP contribution in [0.25, 0.3) is 0 Å². The summed E-state index contributed by atoms with van der Waals surface area (Å²) in [4.78, 5) is 29.7. The highest BCUT2D eigenvalue weighted by molar-refractivity contribution is 6.31. The Kier molecular flexibility index (Phi) is 7.04. The van der Waals surface area contributed by atoms with Crippen molar-refractivity contribution in [2.24, 2.45) is 11.1 Å². The highest BCUT2D eigenvalue weighted by Crippen LogP contribution is 2.59. The highest BCUT2D eigenvalue weighted by Gasteiger charge is 2.68. The number of nitrogens with one attached hydrogen (secondary N) is 1. The van der Waals surface area contributed by atoms with Crippen molar-refractivity contribution < 1.29 is 19.1 Å². The van der Waals surface area contributed by atoms with E-state index in [-0.39, 0.29) is 28.0 Å². The van der Waals surface area contributed by atoms with Gasteiger partial charge in [-0.3, -0.25) is 9.59 Å². The number of anilines is 1. The summed E-state index contributed by atoms with van der Waals surface area (Å²) in [6.45, 7) is 6.20. The zero-order valence-electron chi connectivity index (χ0n) is 21.8. The molecule has 2 heterocycles. The molecule has 0 bridgehead atoms. The number of fused-ring (bicyclic) bond motifs is 2. The SMILES string of the molecule is CC(C)(C)C[C@H]1N[C@@H](C(N)=O)[C@H](c2cccc(Cl)c2F)[C@@]12C(=O)N(C1CCC(O)CC1)c1cc(Cl)ccc12. The summed E-state index contributed by atoms with van der Waals surface area (Å²) in [5, 5.41) is 13.9. The van der Waals surface area contributed by atoms with Crippen LogP contribution >= 0.6 is 23.2 Å². The molecule has 1 saturated heterocycles. The van der Waals surface area contributed by atoms with Crippen molar-refractivity contribution in [2.45, 2.75) is 88.4 Å². The van der Waals surface area contributed by atoms with Gasteiger partial charge in [-0.05, 0) is 66.8 Å². The lowest BCUT2D eigenvalue weighted by Gasteiger charge is -2.40. The molecule has 0 radical (unpaired) electrons. The van der Waals surface area contributed by atoms with Crippen LogP contribution in [0.5, 0.6) is 0 Å². The van der Waals surface area contributed by atoms with E-state index >= 15 is 4.39 Å². The lowest BCUT2D eigenvalue weighted by atomic mass is 9.62. The predicted molar refractivity (Wildman–Crippen MR) is 147 cm³/mol. The number of nitrogens with zero attached hydrogens (tertiary/aromatic N) is 1. The first kappa shape index (κ1) is 27.4. The first-order chi connectivity index (χ1) is 17.9. The minimum atomic E-state index is -1.32. The zero-order chi connectivity index (χ0) is 27.6. The molecule has 2 amide bonds. The molecule has 2 aromatic rings. The second-order valence-electron chi connectivity index (χ2n) is 12.2. The van der Waals surface area contributed by atoms with Crippen LogP contribution in [-0.2, 0) is 15.0 Å². The number of carbonyl (C=O) groups excluding carboxylic acids is 2. The molecule has 38 heavy (non-hydrogen) atoms. The van der Waals surface area contributed by atoms with Crippen LogP contribution in [0.3, 0.4) is 0 Å². The van der Waals surface area contributed by atoms with Gasteiger partial charge in [-0.15, -0.1) is 0 Å². The summed E-state index contributed by atoms with van der Waals surface area (Å²) in [6, 6.07) is 8.35. The fourth-order valence-electron chi connectivity index (χ4n) is 6.98. The van der Waals surface area contributed by atoms with Gasteiger partial charge in [0.15, 0.2) is 0 Å². The van der Waals surface area contributed by atoms with E-state index < -0.39 is 41.2 Å². The van der Waals surface area contributed by atoms with Gasteiger partial charge in [0, 0.05) is 28.7 Å². The van der Waals surface area contributed by atoms with Crippen LogP contribution in [0.15, 0.2) is 36.4 Å². The van der Waals surface area contributed by atoms with Gasteiger partial charge in [0.1, 0.15) is 11.2 Å². The second-order valence-corrected chi connectivity index (χ2v) is 13.0. The number of halogens is 3. The summed E-state index contributed by atoms with van der Waals surface area (Å²) in [6.07, 6.45) is 2.55. The van der Waals surface area contributed by atoms with Crippen LogP contribution < -0.4 is 16.0 Å². The summed E-state index contributed by atoms with van der Waals surface area (Å²) < 4.78 is 15.8. The third kappa shape index (κ3) is 4.32. The molecule has 2 aromatic carbocycles. The van der Waals surface area contributed by atoms with Gasteiger partial charge in [-0.1, -0.05) is 62.2 Å². The molecule has 204 valence electrons. The van der Waals surface area contributed by atoms with Gasteiger partial charge < -0.3 is 21.1 Å². The number of aliphatic hydroxyl groups excluding tert-OH is 1. The Balaban J connectivity index is 1.79. The van der Waals surface area contributed by atoms with Gasteiger partial charge in [0.05, 0.1) is 17.2 Å². The smallest absolute Gasteiger partial charge is 0.240 e. The van der Waals surface area contributed by atoms with Crippen molar-refractivity contribution in [1.29, 1.82) is 0 Å². The fraction of sp³-hybridized carbons (Fsp3) is 0.517. The molecule has 1 aliphatic carbocycles. The van der Waals surface area contributed by atoms with Crippen LogP contribution in [0, 0.1) is 11.2 Å². The fourth-order valence-corrected chi connectivity index (χ4v) is 7.33. The summed E-state index contributed by atoms with van der Waals surface area (Å²) in [5.41, 5.74) is 5.94. The molecule has 4 atom stereocenters. The maximum atomic E-state index is 15.8. The molecule has 1 saturated carbocycles. The number of benzene rings is 2. The zero-order valence-corrected chi connectivity index (χ0v) is 23.3. The lowest BCUT2D eigenvalue weighted by molar-refractivity contribution is -0.125. The van der Waals surface area contributed by atoms with E-state index in [0.29, 0.717) is 48.4 Å². The second kappa shape index (κ2) is 9.77. The molecule has 3 aliphatic rings. The van der Waals surface area contributed by atoms with Crippen molar-refractivity contribution in [2.75, 3.05) is 4.90 Å². The van der Waals surface area contributed by atoms with E-state index in [1.54, 1.807) is 29.2 Å². The number of amides is 2. The molecule has 9 heteroatoms. The average Bonchev–Trinajstić information content (AvgIpc) is 3.28. The van der Waals surface area contributed by atoms with Gasteiger partial charge >= 0.3 is 0 Å². The van der Waals surface area contributed by atoms with Crippen molar-refractivity contribution >= 4 is 40.7 Å². The first-order valence-electron chi connectivity index (χ1n) is 13.2. The first-order valence-corrected chi connectivity index (χ1v) is 13.9. The van der Waals surface area contributed by atoms with E-state index in [0.717, 1.165) is 0 Å². The van der Waals surface area contributed by atoms with E-state index in [4.69, 9.17) is 28.9 Å². The number of rotatable bonds is 4. The quantitative estimate of drug-likeness (QED) is 0.485. The van der Waals surface area contributed by atoms with Crippen LogP contribution in [0.4, 0.5) is 10.1 Å². The van der Waals surface area contributed by atoms with Gasteiger partial charge in [-0.25, -0.2) is 4.39 Å². The molecule has 4 N–H and O–H groups in total. The van der Waals surface area contributed by atoms with Gasteiger partial charge in [0.25, 0.3) is 0 Å². The van der Waals surface area contributed by atoms with Crippen molar-refractivity contribution in [3.05, 3.63) is 63.4 Å².